The van der Waals surface area contributed by atoms with E-state index in [1.807, 2.05) is 0 Å². The standard InChI is InChI=1S/C17H23NO/c1-13-16-10-6-5-7-14(16)11-12-18(13)17(19)15-8-3-2-4-9-15/h5-7,10,13,15H,2-4,8-9,11-12H2,1H3. The molecule has 0 radical (unpaired) electrons. The summed E-state index contributed by atoms with van der Waals surface area (Å²) in [5.74, 6) is 0.697. The molecule has 0 aromatic heterocycles. The molecule has 1 aliphatic carbocycles. The Balaban J connectivity index is 1.77. The number of benzene rings is 1. The zero-order valence-electron chi connectivity index (χ0n) is 11.8. The molecule has 1 fully saturated rings. The smallest absolute Gasteiger partial charge is 0.226 e. The highest BCUT2D eigenvalue weighted by atomic mass is 16.2. The van der Waals surface area contributed by atoms with Crippen molar-refractivity contribution in [2.45, 2.75) is 51.5 Å². The Morgan fingerprint density at radius 2 is 1.89 bits per heavy atom. The Labute approximate surface area is 115 Å². The molecule has 1 saturated carbocycles. The number of carbonyl (C=O) groups is 1. The second-order valence-corrected chi connectivity index (χ2v) is 5.99. The van der Waals surface area contributed by atoms with Gasteiger partial charge in [-0.2, -0.15) is 0 Å². The number of amides is 1. The Morgan fingerprint density at radius 1 is 1.16 bits per heavy atom. The van der Waals surface area contributed by atoms with Gasteiger partial charge in [-0.05, 0) is 37.3 Å². The minimum Gasteiger partial charge on any atom is -0.335 e. The Kier molecular flexibility index (Phi) is 3.58. The lowest BCUT2D eigenvalue weighted by atomic mass is 9.86. The topological polar surface area (TPSA) is 20.3 Å². The zero-order valence-corrected chi connectivity index (χ0v) is 11.8. The first-order chi connectivity index (χ1) is 9.27. The van der Waals surface area contributed by atoms with E-state index in [-0.39, 0.29) is 6.04 Å². The summed E-state index contributed by atoms with van der Waals surface area (Å²) in [5, 5.41) is 0. The van der Waals surface area contributed by atoms with E-state index < -0.39 is 0 Å². The van der Waals surface area contributed by atoms with Crippen molar-refractivity contribution in [1.29, 1.82) is 0 Å². The van der Waals surface area contributed by atoms with Crippen LogP contribution in [0.2, 0.25) is 0 Å². The van der Waals surface area contributed by atoms with Crippen molar-refractivity contribution in [3.63, 3.8) is 0 Å². The number of fused-ring (bicyclic) bond motifs is 1. The average Bonchev–Trinajstić information content (AvgIpc) is 2.48. The minimum absolute atomic E-state index is 0.249. The number of rotatable bonds is 1. The van der Waals surface area contributed by atoms with Crippen molar-refractivity contribution < 1.29 is 4.79 Å². The van der Waals surface area contributed by atoms with Crippen LogP contribution >= 0.6 is 0 Å². The van der Waals surface area contributed by atoms with Crippen LogP contribution in [-0.4, -0.2) is 17.4 Å². The van der Waals surface area contributed by atoms with Crippen LogP contribution in [0.5, 0.6) is 0 Å². The highest BCUT2D eigenvalue weighted by molar-refractivity contribution is 5.79. The van der Waals surface area contributed by atoms with Crippen LogP contribution in [0, 0.1) is 5.92 Å². The highest BCUT2D eigenvalue weighted by Gasteiger charge is 2.32. The molecule has 1 atom stereocenters. The third-order valence-corrected chi connectivity index (χ3v) is 4.83. The molecule has 0 spiro atoms. The number of nitrogens with zero attached hydrogens (tertiary/aromatic N) is 1. The third kappa shape index (κ3) is 2.41. The summed E-state index contributed by atoms with van der Waals surface area (Å²) in [7, 11) is 0. The van der Waals surface area contributed by atoms with Gasteiger partial charge in [0, 0.05) is 12.5 Å². The van der Waals surface area contributed by atoms with Gasteiger partial charge < -0.3 is 4.90 Å². The number of carbonyl (C=O) groups excluding carboxylic acids is 1. The van der Waals surface area contributed by atoms with E-state index >= 15 is 0 Å². The van der Waals surface area contributed by atoms with Gasteiger partial charge in [-0.3, -0.25) is 4.79 Å². The molecule has 0 bridgehead atoms. The fraction of sp³-hybridized carbons (Fsp3) is 0.588. The van der Waals surface area contributed by atoms with Gasteiger partial charge in [0.05, 0.1) is 6.04 Å². The Hall–Kier alpha value is -1.31. The van der Waals surface area contributed by atoms with E-state index in [1.165, 1.54) is 30.4 Å². The monoisotopic (exact) mass is 257 g/mol. The van der Waals surface area contributed by atoms with Crippen LogP contribution in [0.1, 0.15) is 56.2 Å². The van der Waals surface area contributed by atoms with Gasteiger partial charge in [-0.1, -0.05) is 43.5 Å². The molecule has 1 aromatic carbocycles. The van der Waals surface area contributed by atoms with E-state index in [0.717, 1.165) is 25.8 Å². The molecule has 0 saturated heterocycles. The van der Waals surface area contributed by atoms with Crippen LogP contribution in [-0.2, 0) is 11.2 Å². The summed E-state index contributed by atoms with van der Waals surface area (Å²) in [6, 6.07) is 8.82. The van der Waals surface area contributed by atoms with Crippen LogP contribution in [0.15, 0.2) is 24.3 Å². The molecule has 1 aliphatic heterocycles. The lowest BCUT2D eigenvalue weighted by Gasteiger charge is -2.38. The minimum atomic E-state index is 0.249. The first-order valence-corrected chi connectivity index (χ1v) is 7.65. The van der Waals surface area contributed by atoms with Crippen molar-refractivity contribution >= 4 is 5.91 Å². The van der Waals surface area contributed by atoms with Crippen LogP contribution < -0.4 is 0 Å². The summed E-state index contributed by atoms with van der Waals surface area (Å²) in [4.78, 5) is 14.8. The van der Waals surface area contributed by atoms with Crippen LogP contribution in [0.4, 0.5) is 0 Å². The van der Waals surface area contributed by atoms with Gasteiger partial charge in [-0.15, -0.1) is 0 Å². The zero-order chi connectivity index (χ0) is 13.2. The first-order valence-electron chi connectivity index (χ1n) is 7.65. The predicted molar refractivity (Wildman–Crippen MR) is 76.8 cm³/mol. The number of hydrogen-bond donors (Lipinski definition) is 0. The molecule has 1 heterocycles. The second-order valence-electron chi connectivity index (χ2n) is 5.99. The van der Waals surface area contributed by atoms with E-state index in [0.29, 0.717) is 11.8 Å². The summed E-state index contributed by atoms with van der Waals surface area (Å²) in [6.07, 6.45) is 6.99. The van der Waals surface area contributed by atoms with Crippen molar-refractivity contribution in [1.82, 2.24) is 4.90 Å². The van der Waals surface area contributed by atoms with Crippen LogP contribution in [0.25, 0.3) is 0 Å². The largest absolute Gasteiger partial charge is 0.335 e. The van der Waals surface area contributed by atoms with E-state index in [4.69, 9.17) is 0 Å². The van der Waals surface area contributed by atoms with E-state index in [2.05, 4.69) is 36.1 Å². The molecule has 1 amide bonds. The van der Waals surface area contributed by atoms with E-state index in [9.17, 15) is 4.79 Å². The fourth-order valence-electron chi connectivity index (χ4n) is 3.66. The van der Waals surface area contributed by atoms with Crippen molar-refractivity contribution in [2.75, 3.05) is 6.54 Å². The van der Waals surface area contributed by atoms with Crippen LogP contribution in [0.3, 0.4) is 0 Å². The highest BCUT2D eigenvalue weighted by Crippen LogP contribution is 2.33. The molecular weight excluding hydrogens is 234 g/mol. The van der Waals surface area contributed by atoms with Gasteiger partial charge in [0.2, 0.25) is 5.91 Å². The SMILES string of the molecule is CC1c2ccccc2CCN1C(=O)C1CCCCC1. The third-order valence-electron chi connectivity index (χ3n) is 4.83. The van der Waals surface area contributed by atoms with Gasteiger partial charge in [0.1, 0.15) is 0 Å². The van der Waals surface area contributed by atoms with Gasteiger partial charge in [0.15, 0.2) is 0 Å². The summed E-state index contributed by atoms with van der Waals surface area (Å²) < 4.78 is 0. The summed E-state index contributed by atoms with van der Waals surface area (Å²) >= 11 is 0. The van der Waals surface area contributed by atoms with Gasteiger partial charge in [0.25, 0.3) is 0 Å². The molecule has 102 valence electrons. The number of hydrogen-bond acceptors (Lipinski definition) is 1. The summed E-state index contributed by atoms with van der Waals surface area (Å²) in [5.41, 5.74) is 2.76. The normalized spacial score (nSPS) is 24.1. The van der Waals surface area contributed by atoms with Crippen molar-refractivity contribution in [3.05, 3.63) is 35.4 Å². The van der Waals surface area contributed by atoms with Gasteiger partial charge in [-0.25, -0.2) is 0 Å². The lowest BCUT2D eigenvalue weighted by molar-refractivity contribution is -0.139. The average molecular weight is 257 g/mol. The van der Waals surface area contributed by atoms with Gasteiger partial charge >= 0.3 is 0 Å². The molecule has 1 unspecified atom stereocenters. The molecular formula is C17H23NO. The quantitative estimate of drug-likeness (QED) is 0.751. The molecule has 19 heavy (non-hydrogen) atoms. The molecule has 2 aliphatic rings. The molecule has 3 rings (SSSR count). The maximum absolute atomic E-state index is 12.7. The molecule has 2 heteroatoms. The maximum atomic E-state index is 12.7. The fourth-order valence-corrected chi connectivity index (χ4v) is 3.66. The molecule has 2 nitrogen and oxygen atoms in total. The predicted octanol–water partition coefficient (Wildman–Crippen LogP) is 3.71. The molecule has 0 N–H and O–H groups in total. The molecule has 1 aromatic rings. The Bertz CT molecular complexity index is 462. The lowest BCUT2D eigenvalue weighted by Crippen LogP contribution is -2.42. The van der Waals surface area contributed by atoms with Crippen molar-refractivity contribution in [3.8, 4) is 0 Å². The Morgan fingerprint density at radius 3 is 2.68 bits per heavy atom. The maximum Gasteiger partial charge on any atom is 0.226 e. The van der Waals surface area contributed by atoms with E-state index in [1.54, 1.807) is 0 Å². The first kappa shape index (κ1) is 12.7. The summed E-state index contributed by atoms with van der Waals surface area (Å²) in [6.45, 7) is 3.08. The van der Waals surface area contributed by atoms with Crippen molar-refractivity contribution in [2.24, 2.45) is 5.92 Å². The second kappa shape index (κ2) is 5.36.